The highest BCUT2D eigenvalue weighted by Crippen LogP contribution is 2.31. The first-order valence-electron chi connectivity index (χ1n) is 9.60. The lowest BCUT2D eigenvalue weighted by Gasteiger charge is -2.20. The zero-order valence-corrected chi connectivity index (χ0v) is 17.7. The van der Waals surface area contributed by atoms with E-state index < -0.39 is 38.4 Å². The number of carbonyl (C=O) groups is 1. The van der Waals surface area contributed by atoms with Gasteiger partial charge in [0.05, 0.1) is 0 Å². The van der Waals surface area contributed by atoms with Gasteiger partial charge in [0.15, 0.2) is 9.84 Å². The SMILES string of the molecule is CC(C)CC[C@H](C)NC(=O)CS(=O)(=O)C(c1ccc(F)cc1)c1ccc(F)cc1. The zero-order valence-electron chi connectivity index (χ0n) is 16.9. The first-order valence-corrected chi connectivity index (χ1v) is 11.3. The Hall–Kier alpha value is -2.28. The number of halogens is 2. The van der Waals surface area contributed by atoms with Crippen LogP contribution in [0.2, 0.25) is 0 Å². The van der Waals surface area contributed by atoms with E-state index in [4.69, 9.17) is 0 Å². The van der Waals surface area contributed by atoms with E-state index in [0.29, 0.717) is 17.0 Å². The molecular weight excluding hydrogens is 396 g/mol. The van der Waals surface area contributed by atoms with Crippen LogP contribution in [0.4, 0.5) is 8.78 Å². The molecule has 1 atom stereocenters. The molecule has 2 rings (SSSR count). The topological polar surface area (TPSA) is 63.2 Å². The molecule has 0 fully saturated rings. The highest BCUT2D eigenvalue weighted by atomic mass is 32.2. The fourth-order valence-corrected chi connectivity index (χ4v) is 4.88. The number of nitrogens with one attached hydrogen (secondary N) is 1. The summed E-state index contributed by atoms with van der Waals surface area (Å²) in [6.45, 7) is 5.99. The predicted octanol–water partition coefficient (Wildman–Crippen LogP) is 4.41. The second-order valence-corrected chi connectivity index (χ2v) is 9.82. The van der Waals surface area contributed by atoms with Crippen molar-refractivity contribution in [3.8, 4) is 0 Å². The van der Waals surface area contributed by atoms with Crippen molar-refractivity contribution in [1.29, 1.82) is 0 Å². The van der Waals surface area contributed by atoms with Gasteiger partial charge < -0.3 is 5.32 Å². The highest BCUT2D eigenvalue weighted by Gasteiger charge is 2.31. The number of amides is 1. The van der Waals surface area contributed by atoms with Crippen molar-refractivity contribution in [3.63, 3.8) is 0 Å². The molecule has 0 aromatic heterocycles. The number of benzene rings is 2. The van der Waals surface area contributed by atoms with E-state index in [9.17, 15) is 22.0 Å². The van der Waals surface area contributed by atoms with Crippen LogP contribution in [0.3, 0.4) is 0 Å². The van der Waals surface area contributed by atoms with Crippen molar-refractivity contribution in [3.05, 3.63) is 71.3 Å². The molecule has 2 aromatic rings. The van der Waals surface area contributed by atoms with Gasteiger partial charge in [0.1, 0.15) is 22.6 Å². The molecule has 0 saturated carbocycles. The second kappa shape index (κ2) is 9.96. The highest BCUT2D eigenvalue weighted by molar-refractivity contribution is 7.92. The molecule has 1 N–H and O–H groups in total. The average Bonchev–Trinajstić information content (AvgIpc) is 2.62. The smallest absolute Gasteiger partial charge is 0.235 e. The minimum absolute atomic E-state index is 0.143. The lowest BCUT2D eigenvalue weighted by molar-refractivity contribution is -0.119. The quantitative estimate of drug-likeness (QED) is 0.650. The molecule has 1 amide bonds. The summed E-state index contributed by atoms with van der Waals surface area (Å²) in [7, 11) is -3.99. The van der Waals surface area contributed by atoms with Gasteiger partial charge in [-0.3, -0.25) is 4.79 Å². The number of carbonyl (C=O) groups excluding carboxylic acids is 1. The maximum Gasteiger partial charge on any atom is 0.235 e. The van der Waals surface area contributed by atoms with Crippen LogP contribution in [-0.4, -0.2) is 26.1 Å². The summed E-state index contributed by atoms with van der Waals surface area (Å²) in [6, 6.07) is 9.97. The Kier molecular flexibility index (Phi) is 7.90. The Labute approximate surface area is 171 Å². The summed E-state index contributed by atoms with van der Waals surface area (Å²) < 4.78 is 52.9. The monoisotopic (exact) mass is 423 g/mol. The van der Waals surface area contributed by atoms with Gasteiger partial charge in [0, 0.05) is 6.04 Å². The summed E-state index contributed by atoms with van der Waals surface area (Å²) in [5.41, 5.74) is 0.636. The van der Waals surface area contributed by atoms with E-state index in [1.54, 1.807) is 0 Å². The molecule has 158 valence electrons. The molecule has 0 heterocycles. The van der Waals surface area contributed by atoms with Crippen LogP contribution in [0.15, 0.2) is 48.5 Å². The van der Waals surface area contributed by atoms with E-state index in [-0.39, 0.29) is 6.04 Å². The summed E-state index contributed by atoms with van der Waals surface area (Å²) >= 11 is 0. The Morgan fingerprint density at radius 1 is 0.862 bits per heavy atom. The van der Waals surface area contributed by atoms with Crippen molar-refractivity contribution in [1.82, 2.24) is 5.32 Å². The molecule has 0 aliphatic carbocycles. The van der Waals surface area contributed by atoms with Crippen molar-refractivity contribution >= 4 is 15.7 Å². The lowest BCUT2D eigenvalue weighted by atomic mass is 10.0. The third-order valence-corrected chi connectivity index (χ3v) is 6.55. The Morgan fingerprint density at radius 3 is 1.72 bits per heavy atom. The molecule has 4 nitrogen and oxygen atoms in total. The lowest BCUT2D eigenvalue weighted by Crippen LogP contribution is -2.38. The fourth-order valence-electron chi connectivity index (χ4n) is 3.12. The van der Waals surface area contributed by atoms with E-state index in [1.165, 1.54) is 24.3 Å². The largest absolute Gasteiger partial charge is 0.353 e. The van der Waals surface area contributed by atoms with Gasteiger partial charge in [-0.2, -0.15) is 0 Å². The summed E-state index contributed by atoms with van der Waals surface area (Å²) in [6.07, 6.45) is 1.67. The second-order valence-electron chi connectivity index (χ2n) is 7.73. The van der Waals surface area contributed by atoms with Crippen LogP contribution in [0.25, 0.3) is 0 Å². The molecule has 7 heteroatoms. The van der Waals surface area contributed by atoms with E-state index in [0.717, 1.165) is 37.1 Å². The minimum atomic E-state index is -3.99. The van der Waals surface area contributed by atoms with E-state index >= 15 is 0 Å². The average molecular weight is 424 g/mol. The van der Waals surface area contributed by atoms with Crippen LogP contribution in [-0.2, 0) is 14.6 Å². The van der Waals surface area contributed by atoms with Crippen LogP contribution < -0.4 is 5.32 Å². The minimum Gasteiger partial charge on any atom is -0.353 e. The third-order valence-electron chi connectivity index (χ3n) is 4.62. The number of sulfone groups is 1. The first kappa shape index (κ1) is 23.0. The normalized spacial score (nSPS) is 12.9. The fraction of sp³-hybridized carbons (Fsp3) is 0.409. The molecule has 0 radical (unpaired) electrons. The van der Waals surface area contributed by atoms with Crippen LogP contribution in [0, 0.1) is 17.6 Å². The predicted molar refractivity (Wildman–Crippen MR) is 110 cm³/mol. The van der Waals surface area contributed by atoms with Gasteiger partial charge in [-0.15, -0.1) is 0 Å². The summed E-state index contributed by atoms with van der Waals surface area (Å²) in [4.78, 5) is 12.4. The van der Waals surface area contributed by atoms with Crippen LogP contribution in [0.5, 0.6) is 0 Å². The van der Waals surface area contributed by atoms with Gasteiger partial charge in [0.25, 0.3) is 0 Å². The molecule has 0 bridgehead atoms. The number of rotatable bonds is 9. The van der Waals surface area contributed by atoms with Crippen molar-refractivity contribution < 1.29 is 22.0 Å². The zero-order chi connectivity index (χ0) is 21.6. The number of hydrogen-bond acceptors (Lipinski definition) is 3. The maximum atomic E-state index is 13.3. The summed E-state index contributed by atoms with van der Waals surface area (Å²) in [5, 5.41) is 1.54. The third kappa shape index (κ3) is 6.92. The van der Waals surface area contributed by atoms with Crippen LogP contribution in [0.1, 0.15) is 50.0 Å². The molecule has 29 heavy (non-hydrogen) atoms. The van der Waals surface area contributed by atoms with Gasteiger partial charge >= 0.3 is 0 Å². The van der Waals surface area contributed by atoms with Crippen molar-refractivity contribution in [2.24, 2.45) is 5.92 Å². The molecule has 0 saturated heterocycles. The first-order chi connectivity index (χ1) is 13.6. The van der Waals surface area contributed by atoms with E-state index in [1.807, 2.05) is 6.92 Å². The van der Waals surface area contributed by atoms with E-state index in [2.05, 4.69) is 19.2 Å². The van der Waals surface area contributed by atoms with Crippen molar-refractivity contribution in [2.75, 3.05) is 5.75 Å². The Bertz CT molecular complexity index is 865. The molecular formula is C22H27F2NO3S. The number of hydrogen-bond donors (Lipinski definition) is 1. The molecule has 0 aliphatic rings. The Morgan fingerprint density at radius 2 is 1.31 bits per heavy atom. The van der Waals surface area contributed by atoms with Gasteiger partial charge in [-0.05, 0) is 61.1 Å². The van der Waals surface area contributed by atoms with Gasteiger partial charge in [-0.25, -0.2) is 17.2 Å². The van der Waals surface area contributed by atoms with Gasteiger partial charge in [-0.1, -0.05) is 38.1 Å². The van der Waals surface area contributed by atoms with Crippen LogP contribution >= 0.6 is 0 Å². The molecule has 0 spiro atoms. The molecule has 0 unspecified atom stereocenters. The molecule has 2 aromatic carbocycles. The van der Waals surface area contributed by atoms with Crippen molar-refractivity contribution in [2.45, 2.75) is 44.9 Å². The maximum absolute atomic E-state index is 13.3. The van der Waals surface area contributed by atoms with Gasteiger partial charge in [0.2, 0.25) is 5.91 Å². The molecule has 0 aliphatic heterocycles. The standard InChI is InChI=1S/C22H27F2NO3S/c1-15(2)4-5-16(3)25-21(26)14-29(27,28)22(17-6-10-19(23)11-7-17)18-8-12-20(24)13-9-18/h6-13,15-16,22H,4-5,14H2,1-3H3,(H,25,26)/t16-/m0/s1. The Balaban J connectivity index is 2.25. The summed E-state index contributed by atoms with van der Waals surface area (Å²) in [5.74, 6) is -1.81.